The van der Waals surface area contributed by atoms with E-state index in [0.717, 1.165) is 66.7 Å². The van der Waals surface area contributed by atoms with E-state index in [9.17, 15) is 10.5 Å². The molecule has 0 aliphatic carbocycles. The highest BCUT2D eigenvalue weighted by molar-refractivity contribution is 6.11. The van der Waals surface area contributed by atoms with Crippen LogP contribution in [-0.4, -0.2) is 24.1 Å². The first-order chi connectivity index (χ1) is 26.2. The predicted octanol–water partition coefficient (Wildman–Crippen LogP) is 10.5. The Balaban J connectivity index is 1.19. The lowest BCUT2D eigenvalue weighted by Crippen LogP contribution is -2.01. The molecule has 0 aliphatic heterocycles. The van der Waals surface area contributed by atoms with Crippen molar-refractivity contribution >= 4 is 43.6 Å². The number of para-hydroxylation sites is 3. The first kappa shape index (κ1) is 30.1. The Morgan fingerprint density at radius 3 is 1.45 bits per heavy atom. The quantitative estimate of drug-likeness (QED) is 0.181. The number of rotatable bonds is 5. The molecule has 246 valence electrons. The van der Waals surface area contributed by atoms with Gasteiger partial charge in [-0.2, -0.15) is 10.5 Å². The van der Waals surface area contributed by atoms with Gasteiger partial charge in [0.25, 0.3) is 0 Å². The van der Waals surface area contributed by atoms with Gasteiger partial charge in [-0.15, -0.1) is 5.10 Å². The molecule has 0 saturated carbocycles. The molecular formula is C46H27N7. The smallest absolute Gasteiger partial charge is 0.121 e. The monoisotopic (exact) mass is 677 g/mol. The lowest BCUT2D eigenvalue weighted by atomic mass is 10.0. The van der Waals surface area contributed by atoms with E-state index < -0.39 is 0 Å². The summed E-state index contributed by atoms with van der Waals surface area (Å²) in [4.78, 5) is 0. The summed E-state index contributed by atoms with van der Waals surface area (Å²) in [6.07, 6.45) is 0. The molecule has 0 aliphatic rings. The molecule has 0 unspecified atom stereocenters. The van der Waals surface area contributed by atoms with Crippen molar-refractivity contribution in [2.24, 2.45) is 0 Å². The Hall–Kier alpha value is -7.74. The second-order valence-electron chi connectivity index (χ2n) is 13.0. The van der Waals surface area contributed by atoms with Crippen molar-refractivity contribution in [3.05, 3.63) is 175 Å². The minimum atomic E-state index is 0.571. The zero-order chi connectivity index (χ0) is 35.5. The van der Waals surface area contributed by atoms with E-state index in [4.69, 9.17) is 5.21 Å². The normalized spacial score (nSPS) is 11.4. The van der Waals surface area contributed by atoms with Crippen molar-refractivity contribution in [2.75, 3.05) is 0 Å². The standard InChI is InChI=1S/C46H27N7/c47-28-30-16-20-32(21-17-30)45-46(33-22-18-31(29-48)19-23-33)53(50-49-45)36-24-25-40-39-12-3-6-15-43(39)52(44(40)27-36)35-9-7-8-34(26-35)51-41-13-4-1-10-37(41)38-11-2-5-14-42(38)51/h1-27H. The number of hydrogen-bond acceptors (Lipinski definition) is 4. The van der Waals surface area contributed by atoms with Gasteiger partial charge in [0.2, 0.25) is 0 Å². The fraction of sp³-hybridized carbons (Fsp3) is 0. The molecule has 0 saturated heterocycles. The average molecular weight is 678 g/mol. The van der Waals surface area contributed by atoms with E-state index in [0.29, 0.717) is 16.8 Å². The van der Waals surface area contributed by atoms with Crippen LogP contribution in [0.1, 0.15) is 11.1 Å². The Kier molecular flexibility index (Phi) is 6.79. The van der Waals surface area contributed by atoms with E-state index in [1.54, 1.807) is 24.3 Å². The van der Waals surface area contributed by atoms with Gasteiger partial charge in [-0.25, -0.2) is 4.68 Å². The van der Waals surface area contributed by atoms with Gasteiger partial charge in [-0.3, -0.25) is 0 Å². The fourth-order valence-corrected chi connectivity index (χ4v) is 7.66. The van der Waals surface area contributed by atoms with E-state index in [1.165, 1.54) is 10.8 Å². The molecule has 3 aromatic heterocycles. The molecule has 0 atom stereocenters. The van der Waals surface area contributed by atoms with Crippen LogP contribution in [0, 0.1) is 22.7 Å². The summed E-state index contributed by atoms with van der Waals surface area (Å²) in [5.41, 5.74) is 11.7. The van der Waals surface area contributed by atoms with E-state index in [-0.39, 0.29) is 0 Å². The summed E-state index contributed by atoms with van der Waals surface area (Å²) in [7, 11) is 0. The number of benzene rings is 7. The highest BCUT2D eigenvalue weighted by atomic mass is 15.4. The maximum atomic E-state index is 9.51. The van der Waals surface area contributed by atoms with Crippen molar-refractivity contribution in [3.8, 4) is 51.7 Å². The highest BCUT2D eigenvalue weighted by Crippen LogP contribution is 2.38. The Morgan fingerprint density at radius 1 is 0.415 bits per heavy atom. The SMILES string of the molecule is N#Cc1ccc(-c2nnn(-c3ccc4c5ccccc5n(-c5cccc(-n6c7ccccc7c7ccccc76)c5)c4c3)c2-c2ccc(C#N)cc2)cc1. The summed E-state index contributed by atoms with van der Waals surface area (Å²) < 4.78 is 6.54. The second-order valence-corrected chi connectivity index (χ2v) is 13.0. The van der Waals surface area contributed by atoms with Crippen LogP contribution in [0.15, 0.2) is 164 Å². The van der Waals surface area contributed by atoms with Crippen molar-refractivity contribution < 1.29 is 0 Å². The Morgan fingerprint density at radius 2 is 0.906 bits per heavy atom. The third kappa shape index (κ3) is 4.73. The molecule has 10 aromatic rings. The van der Waals surface area contributed by atoms with Gasteiger partial charge in [-0.1, -0.05) is 96.2 Å². The van der Waals surface area contributed by atoms with Crippen molar-refractivity contribution in [1.29, 1.82) is 10.5 Å². The van der Waals surface area contributed by atoms with Gasteiger partial charge in [-0.05, 0) is 72.8 Å². The van der Waals surface area contributed by atoms with Crippen LogP contribution >= 0.6 is 0 Å². The topological polar surface area (TPSA) is 88.2 Å². The molecule has 53 heavy (non-hydrogen) atoms. The molecule has 0 spiro atoms. The number of nitrogens with zero attached hydrogens (tertiary/aromatic N) is 7. The van der Waals surface area contributed by atoms with Crippen LogP contribution in [0.4, 0.5) is 0 Å². The summed E-state index contributed by atoms with van der Waals surface area (Å²) in [5, 5.41) is 33.0. The van der Waals surface area contributed by atoms with Crippen LogP contribution < -0.4 is 0 Å². The van der Waals surface area contributed by atoms with Gasteiger partial charge in [0.05, 0.1) is 51.0 Å². The van der Waals surface area contributed by atoms with Crippen LogP contribution in [0.2, 0.25) is 0 Å². The van der Waals surface area contributed by atoms with E-state index in [2.05, 4.69) is 142 Å². The second kappa shape index (κ2) is 11.9. The van der Waals surface area contributed by atoms with Crippen LogP contribution in [0.25, 0.3) is 83.2 Å². The summed E-state index contributed by atoms with van der Waals surface area (Å²) >= 11 is 0. The zero-order valence-electron chi connectivity index (χ0n) is 28.2. The lowest BCUT2D eigenvalue weighted by molar-refractivity contribution is 0.809. The van der Waals surface area contributed by atoms with Crippen LogP contribution in [0.3, 0.4) is 0 Å². The molecule has 0 bridgehead atoms. The number of nitriles is 2. The Labute approximate surface area is 304 Å². The summed E-state index contributed by atoms with van der Waals surface area (Å²) in [6.45, 7) is 0. The molecule has 0 N–H and O–H groups in total. The molecule has 10 rings (SSSR count). The van der Waals surface area contributed by atoms with Crippen molar-refractivity contribution in [2.45, 2.75) is 0 Å². The molecule has 3 heterocycles. The van der Waals surface area contributed by atoms with E-state index >= 15 is 0 Å². The number of aromatic nitrogens is 5. The van der Waals surface area contributed by atoms with Crippen molar-refractivity contribution in [1.82, 2.24) is 24.1 Å². The van der Waals surface area contributed by atoms with E-state index in [1.807, 2.05) is 28.9 Å². The molecule has 7 aromatic carbocycles. The van der Waals surface area contributed by atoms with Crippen LogP contribution in [0.5, 0.6) is 0 Å². The zero-order valence-corrected chi connectivity index (χ0v) is 28.2. The minimum absolute atomic E-state index is 0.571. The first-order valence-corrected chi connectivity index (χ1v) is 17.3. The van der Waals surface area contributed by atoms with Gasteiger partial charge in [0.1, 0.15) is 11.4 Å². The third-order valence-electron chi connectivity index (χ3n) is 10.1. The predicted molar refractivity (Wildman–Crippen MR) is 210 cm³/mol. The molecule has 0 amide bonds. The molecule has 0 fully saturated rings. The maximum Gasteiger partial charge on any atom is 0.121 e. The van der Waals surface area contributed by atoms with Gasteiger partial charge < -0.3 is 9.13 Å². The molecule has 7 heteroatoms. The largest absolute Gasteiger partial charge is 0.309 e. The average Bonchev–Trinajstić information content (AvgIpc) is 3.91. The van der Waals surface area contributed by atoms with Gasteiger partial charge >= 0.3 is 0 Å². The minimum Gasteiger partial charge on any atom is -0.309 e. The van der Waals surface area contributed by atoms with Crippen molar-refractivity contribution in [3.63, 3.8) is 0 Å². The third-order valence-corrected chi connectivity index (χ3v) is 10.1. The molecule has 7 nitrogen and oxygen atoms in total. The Bertz CT molecular complexity index is 3070. The lowest BCUT2D eigenvalue weighted by Gasteiger charge is -2.13. The molecule has 0 radical (unpaired) electrons. The fourth-order valence-electron chi connectivity index (χ4n) is 7.66. The summed E-state index contributed by atoms with van der Waals surface area (Å²) in [6, 6.07) is 60.0. The first-order valence-electron chi connectivity index (χ1n) is 17.3. The van der Waals surface area contributed by atoms with Crippen LogP contribution in [-0.2, 0) is 0 Å². The molecular weight excluding hydrogens is 651 g/mol. The van der Waals surface area contributed by atoms with Gasteiger partial charge in [0.15, 0.2) is 0 Å². The summed E-state index contributed by atoms with van der Waals surface area (Å²) in [5.74, 6) is 0. The number of hydrogen-bond donors (Lipinski definition) is 0. The van der Waals surface area contributed by atoms with Gasteiger partial charge in [0, 0.05) is 44.0 Å². The highest BCUT2D eigenvalue weighted by Gasteiger charge is 2.21. The number of fused-ring (bicyclic) bond motifs is 6. The maximum absolute atomic E-state index is 9.51.